The van der Waals surface area contributed by atoms with Crippen molar-refractivity contribution in [2.45, 2.75) is 25.6 Å². The Balaban J connectivity index is 1.31. The van der Waals surface area contributed by atoms with Crippen molar-refractivity contribution in [1.82, 2.24) is 14.8 Å². The molecule has 4 rings (SSSR count). The Kier molecular flexibility index (Phi) is 5.94. The molecule has 2 aromatic rings. The summed E-state index contributed by atoms with van der Waals surface area (Å²) in [7, 11) is 0. The summed E-state index contributed by atoms with van der Waals surface area (Å²) in [6.07, 6.45) is -3.40. The first-order valence-electron chi connectivity index (χ1n) is 10.3. The van der Waals surface area contributed by atoms with Gasteiger partial charge < -0.3 is 14.5 Å². The zero-order chi connectivity index (χ0) is 22.9. The number of likely N-dealkylation sites (tertiary alicyclic amines) is 1. The predicted octanol–water partition coefficient (Wildman–Crippen LogP) is 3.33. The Morgan fingerprint density at radius 3 is 2.62 bits per heavy atom. The maximum absolute atomic E-state index is 12.9. The summed E-state index contributed by atoms with van der Waals surface area (Å²) in [4.78, 5) is 34.0. The third-order valence-corrected chi connectivity index (χ3v) is 5.61. The van der Waals surface area contributed by atoms with E-state index in [1.165, 1.54) is 4.90 Å². The average Bonchev–Trinajstić information content (AvgIpc) is 3.36. The average molecular weight is 448 g/mol. The molecule has 0 bridgehead atoms. The van der Waals surface area contributed by atoms with Gasteiger partial charge in [0.2, 0.25) is 11.8 Å². The monoisotopic (exact) mass is 448 g/mol. The van der Waals surface area contributed by atoms with E-state index in [0.29, 0.717) is 26.1 Å². The van der Waals surface area contributed by atoms with Gasteiger partial charge in [-0.25, -0.2) is 9.78 Å². The van der Waals surface area contributed by atoms with Gasteiger partial charge in [0.25, 0.3) is 0 Å². The molecule has 3 amide bonds. The van der Waals surface area contributed by atoms with Crippen LogP contribution in [0, 0.1) is 6.92 Å². The minimum absolute atomic E-state index is 0.0459. The van der Waals surface area contributed by atoms with E-state index in [2.05, 4.69) is 4.98 Å². The quantitative estimate of drug-likeness (QED) is 0.704. The molecule has 7 nitrogen and oxygen atoms in total. The third-order valence-electron chi connectivity index (χ3n) is 5.61. The summed E-state index contributed by atoms with van der Waals surface area (Å²) >= 11 is 0. The fourth-order valence-corrected chi connectivity index (χ4v) is 3.83. The number of carbonyl (C=O) groups excluding carboxylic acids is 2. The minimum atomic E-state index is -4.48. The first kappa shape index (κ1) is 21.9. The van der Waals surface area contributed by atoms with Crippen LogP contribution in [0.1, 0.15) is 17.5 Å². The van der Waals surface area contributed by atoms with E-state index in [9.17, 15) is 22.8 Å². The molecule has 0 spiro atoms. The van der Waals surface area contributed by atoms with Crippen molar-refractivity contribution in [2.75, 3.05) is 37.6 Å². The van der Waals surface area contributed by atoms with E-state index < -0.39 is 17.8 Å². The first-order chi connectivity index (χ1) is 15.2. The van der Waals surface area contributed by atoms with Crippen LogP contribution in [0.5, 0.6) is 5.88 Å². The lowest BCUT2D eigenvalue weighted by atomic mass is 10.2. The number of ether oxygens (including phenoxy) is 1. The van der Waals surface area contributed by atoms with Gasteiger partial charge in [-0.1, -0.05) is 17.7 Å². The van der Waals surface area contributed by atoms with E-state index in [1.807, 2.05) is 31.2 Å². The minimum Gasteiger partial charge on any atom is -0.472 e. The van der Waals surface area contributed by atoms with Crippen LogP contribution in [0.25, 0.3) is 0 Å². The third kappa shape index (κ3) is 4.79. The van der Waals surface area contributed by atoms with Crippen LogP contribution in [0.2, 0.25) is 0 Å². The number of carbonyl (C=O) groups is 2. The van der Waals surface area contributed by atoms with Crippen LogP contribution in [0.15, 0.2) is 42.6 Å². The molecule has 2 aliphatic heterocycles. The fourth-order valence-electron chi connectivity index (χ4n) is 3.83. The molecule has 1 atom stereocenters. The Bertz CT molecular complexity index is 997. The zero-order valence-corrected chi connectivity index (χ0v) is 17.5. The number of hydrogen-bond acceptors (Lipinski definition) is 4. The van der Waals surface area contributed by atoms with Gasteiger partial charge in [0.15, 0.2) is 0 Å². The van der Waals surface area contributed by atoms with E-state index in [0.717, 1.165) is 29.6 Å². The number of aromatic nitrogens is 1. The van der Waals surface area contributed by atoms with Crippen LogP contribution in [0.4, 0.5) is 23.7 Å². The maximum Gasteiger partial charge on any atom is 0.416 e. The van der Waals surface area contributed by atoms with Gasteiger partial charge in [0.05, 0.1) is 12.1 Å². The molecule has 0 unspecified atom stereocenters. The molecule has 0 N–H and O–H groups in total. The number of rotatable bonds is 5. The number of anilines is 1. The summed E-state index contributed by atoms with van der Waals surface area (Å²) in [6.45, 7) is 3.52. The normalized spacial score (nSPS) is 19.1. The van der Waals surface area contributed by atoms with Crippen molar-refractivity contribution in [3.05, 3.63) is 53.7 Å². The zero-order valence-electron chi connectivity index (χ0n) is 17.5. The molecule has 0 saturated carbocycles. The smallest absolute Gasteiger partial charge is 0.416 e. The van der Waals surface area contributed by atoms with Crippen molar-refractivity contribution in [3.8, 4) is 5.88 Å². The van der Waals surface area contributed by atoms with Crippen molar-refractivity contribution < 1.29 is 27.5 Å². The van der Waals surface area contributed by atoms with Gasteiger partial charge >= 0.3 is 12.2 Å². The van der Waals surface area contributed by atoms with Crippen LogP contribution >= 0.6 is 0 Å². The fraction of sp³-hybridized carbons (Fsp3) is 0.409. The number of halogens is 3. The maximum atomic E-state index is 12.9. The lowest BCUT2D eigenvalue weighted by molar-refractivity contribution is -0.137. The number of aryl methyl sites for hydroxylation is 1. The Morgan fingerprint density at radius 2 is 1.91 bits per heavy atom. The summed E-state index contributed by atoms with van der Waals surface area (Å²) in [5.74, 6) is -0.338. The van der Waals surface area contributed by atoms with Gasteiger partial charge in [-0.05, 0) is 25.1 Å². The second-order valence-corrected chi connectivity index (χ2v) is 7.94. The Labute approximate surface area is 183 Å². The standard InChI is InChI=1S/C22H23F3N4O3/c1-15-2-4-17(5-3-15)29-11-10-28(21(29)31)14-20(30)27-9-7-18(13-27)32-19-12-16(6-8-26-19)22(23,24)25/h2-6,8,12,18H,7,9-11,13-14H2,1H3/t18-/m0/s1. The molecule has 1 aromatic carbocycles. The number of nitrogens with zero attached hydrogens (tertiary/aromatic N) is 4. The highest BCUT2D eigenvalue weighted by molar-refractivity contribution is 5.96. The molecule has 0 aliphatic carbocycles. The summed E-state index contributed by atoms with van der Waals surface area (Å²) in [5, 5.41) is 0. The lowest BCUT2D eigenvalue weighted by Crippen LogP contribution is -2.42. The number of hydrogen-bond donors (Lipinski definition) is 0. The SMILES string of the molecule is Cc1ccc(N2CCN(CC(=O)N3CC[C@H](Oc4cc(C(F)(F)F)ccn4)C3)C2=O)cc1. The van der Waals surface area contributed by atoms with E-state index >= 15 is 0 Å². The molecule has 32 heavy (non-hydrogen) atoms. The van der Waals surface area contributed by atoms with E-state index in [-0.39, 0.29) is 30.9 Å². The second-order valence-electron chi connectivity index (χ2n) is 7.94. The van der Waals surface area contributed by atoms with E-state index in [4.69, 9.17) is 4.74 Å². The van der Waals surface area contributed by atoms with Gasteiger partial charge in [0, 0.05) is 44.0 Å². The van der Waals surface area contributed by atoms with Gasteiger partial charge in [-0.3, -0.25) is 9.69 Å². The van der Waals surface area contributed by atoms with Crippen molar-refractivity contribution >= 4 is 17.6 Å². The Morgan fingerprint density at radius 1 is 1.16 bits per heavy atom. The molecular formula is C22H23F3N4O3. The summed E-state index contributed by atoms with van der Waals surface area (Å²) < 4.78 is 44.1. The van der Waals surface area contributed by atoms with E-state index in [1.54, 1.807) is 9.80 Å². The van der Waals surface area contributed by atoms with Crippen molar-refractivity contribution in [2.24, 2.45) is 0 Å². The molecule has 10 heteroatoms. The largest absolute Gasteiger partial charge is 0.472 e. The van der Waals surface area contributed by atoms with Crippen LogP contribution in [-0.2, 0) is 11.0 Å². The molecular weight excluding hydrogens is 425 g/mol. The van der Waals surface area contributed by atoms with Crippen LogP contribution in [-0.4, -0.2) is 65.5 Å². The van der Waals surface area contributed by atoms with Crippen LogP contribution < -0.4 is 9.64 Å². The molecule has 170 valence electrons. The summed E-state index contributed by atoms with van der Waals surface area (Å²) in [5.41, 5.74) is 1.05. The molecule has 2 aliphatic rings. The van der Waals surface area contributed by atoms with Gasteiger partial charge in [-0.2, -0.15) is 13.2 Å². The van der Waals surface area contributed by atoms with Crippen molar-refractivity contribution in [3.63, 3.8) is 0 Å². The predicted molar refractivity (Wildman–Crippen MR) is 110 cm³/mol. The number of alkyl halides is 3. The molecule has 0 radical (unpaired) electrons. The highest BCUT2D eigenvalue weighted by Crippen LogP contribution is 2.31. The number of benzene rings is 1. The second kappa shape index (κ2) is 8.68. The van der Waals surface area contributed by atoms with Crippen LogP contribution in [0.3, 0.4) is 0 Å². The molecule has 2 saturated heterocycles. The van der Waals surface area contributed by atoms with Crippen molar-refractivity contribution in [1.29, 1.82) is 0 Å². The molecule has 2 fully saturated rings. The topological polar surface area (TPSA) is 66.0 Å². The lowest BCUT2D eigenvalue weighted by Gasteiger charge is -2.22. The Hall–Kier alpha value is -3.30. The first-order valence-corrected chi connectivity index (χ1v) is 10.3. The highest BCUT2D eigenvalue weighted by Gasteiger charge is 2.35. The molecule has 3 heterocycles. The van der Waals surface area contributed by atoms with Gasteiger partial charge in [0.1, 0.15) is 12.6 Å². The van der Waals surface area contributed by atoms with Gasteiger partial charge in [-0.15, -0.1) is 0 Å². The number of urea groups is 1. The number of amides is 3. The highest BCUT2D eigenvalue weighted by atomic mass is 19.4. The molecule has 1 aromatic heterocycles. The summed E-state index contributed by atoms with van der Waals surface area (Å²) in [6, 6.07) is 9.13. The number of pyridine rings is 1.